The minimum atomic E-state index is -0.199. The average molecular weight is 396 g/mol. The summed E-state index contributed by atoms with van der Waals surface area (Å²) in [6.45, 7) is 8.90. The van der Waals surface area contributed by atoms with Gasteiger partial charge in [0, 0.05) is 16.8 Å². The Hall–Kier alpha value is -3.20. The van der Waals surface area contributed by atoms with Gasteiger partial charge in [-0.15, -0.1) is 0 Å². The van der Waals surface area contributed by atoms with Crippen molar-refractivity contribution in [2.24, 2.45) is 7.05 Å². The van der Waals surface area contributed by atoms with Crippen molar-refractivity contribution < 1.29 is 8.96 Å². The van der Waals surface area contributed by atoms with E-state index >= 15 is 0 Å². The fourth-order valence-electron chi connectivity index (χ4n) is 5.15. The topological polar surface area (TPSA) is 8.29 Å². The second kappa shape index (κ2) is 5.48. The molecule has 0 unspecified atom stereocenters. The summed E-state index contributed by atoms with van der Waals surface area (Å²) in [4.78, 5) is 0. The van der Waals surface area contributed by atoms with Crippen molar-refractivity contribution in [3.05, 3.63) is 71.7 Å². The molecule has 2 nitrogen and oxygen atoms in total. The fourth-order valence-corrected chi connectivity index (χ4v) is 5.15. The normalized spacial score (nSPS) is 13.0. The Morgan fingerprint density at radius 3 is 2.43 bits per heavy atom. The molecule has 0 spiro atoms. The third-order valence-electron chi connectivity index (χ3n) is 6.66. The molecular weight excluding hydrogens is 371 g/mol. The van der Waals surface area contributed by atoms with Crippen molar-refractivity contribution in [2.45, 2.75) is 33.1 Å². The number of rotatable bonds is 0. The third kappa shape index (κ3) is 2.10. The summed E-state index contributed by atoms with van der Waals surface area (Å²) in [5, 5.41) is 5.75. The molecule has 0 N–H and O–H groups in total. The molecule has 0 atom stereocenters. The van der Waals surface area contributed by atoms with Gasteiger partial charge in [0.25, 0.3) is 0 Å². The lowest BCUT2D eigenvalue weighted by Gasteiger charge is -2.19. The molecule has 3 aromatic heterocycles. The number of pyridine rings is 2. The van der Waals surface area contributed by atoms with Crippen LogP contribution in [0.1, 0.15) is 31.9 Å². The van der Waals surface area contributed by atoms with E-state index in [4.69, 9.17) is 0 Å². The number of aryl methyl sites for hydroxylation is 2. The number of benzene rings is 3. The highest BCUT2D eigenvalue weighted by Gasteiger charge is 2.25. The molecule has 148 valence electrons. The smallest absolute Gasteiger partial charge is 0.224 e. The maximum Gasteiger partial charge on any atom is 0.224 e. The fraction of sp³-hybridized carbons (Fsp3) is 0.222. The van der Waals surface area contributed by atoms with Crippen molar-refractivity contribution in [3.8, 4) is 0 Å². The molecule has 0 radical (unpaired) electrons. The van der Waals surface area contributed by atoms with Crippen LogP contribution in [0.5, 0.6) is 0 Å². The summed E-state index contributed by atoms with van der Waals surface area (Å²) >= 11 is 0. The van der Waals surface area contributed by atoms with Crippen LogP contribution in [0.15, 0.2) is 54.7 Å². The molecule has 3 heteroatoms. The Morgan fingerprint density at radius 2 is 1.67 bits per heavy atom. The first-order valence-corrected chi connectivity index (χ1v) is 10.5. The Labute approximate surface area is 174 Å². The van der Waals surface area contributed by atoms with E-state index in [0.29, 0.717) is 0 Å². The van der Waals surface area contributed by atoms with Crippen molar-refractivity contribution >= 4 is 49.0 Å². The van der Waals surface area contributed by atoms with E-state index in [-0.39, 0.29) is 11.2 Å². The molecule has 3 heterocycles. The molecule has 0 amide bonds. The van der Waals surface area contributed by atoms with E-state index in [9.17, 15) is 4.39 Å². The van der Waals surface area contributed by atoms with Crippen LogP contribution in [-0.2, 0) is 12.5 Å². The van der Waals surface area contributed by atoms with Gasteiger partial charge < -0.3 is 4.40 Å². The Morgan fingerprint density at radius 1 is 0.867 bits per heavy atom. The van der Waals surface area contributed by atoms with Gasteiger partial charge in [-0.05, 0) is 53.1 Å². The molecule has 0 saturated carbocycles. The van der Waals surface area contributed by atoms with Crippen LogP contribution in [0.3, 0.4) is 0 Å². The van der Waals surface area contributed by atoms with E-state index in [1.165, 1.54) is 32.8 Å². The van der Waals surface area contributed by atoms with Gasteiger partial charge in [-0.3, -0.25) is 0 Å². The zero-order valence-corrected chi connectivity index (χ0v) is 18.0. The second-order valence-corrected chi connectivity index (χ2v) is 9.64. The third-order valence-corrected chi connectivity index (χ3v) is 6.66. The predicted octanol–water partition coefficient (Wildman–Crippen LogP) is 6.56. The van der Waals surface area contributed by atoms with Crippen LogP contribution in [0, 0.1) is 12.7 Å². The zero-order chi connectivity index (χ0) is 20.9. The molecule has 3 aromatic carbocycles. The summed E-state index contributed by atoms with van der Waals surface area (Å²) in [6.07, 6.45) is 2.04. The molecule has 0 saturated heterocycles. The Bertz CT molecular complexity index is 1650. The van der Waals surface area contributed by atoms with Gasteiger partial charge in [-0.1, -0.05) is 39.0 Å². The Balaban J connectivity index is 2.02. The molecule has 6 rings (SSSR count). The van der Waals surface area contributed by atoms with Gasteiger partial charge in [0.1, 0.15) is 12.9 Å². The van der Waals surface area contributed by atoms with Gasteiger partial charge in [-0.25, -0.2) is 8.96 Å². The summed E-state index contributed by atoms with van der Waals surface area (Å²) < 4.78 is 19.1. The van der Waals surface area contributed by atoms with E-state index in [0.717, 1.165) is 27.3 Å². The van der Waals surface area contributed by atoms with Gasteiger partial charge in [0.2, 0.25) is 5.52 Å². The number of fused-ring (bicyclic) bond motifs is 5. The maximum absolute atomic E-state index is 14.7. The SMILES string of the molecule is Cc1ccc2c3cc(C(C)(C)C)ccc3n3c4cc(F)cc5cc[n+](C)c(c1c23)c54. The van der Waals surface area contributed by atoms with Gasteiger partial charge in [0.15, 0.2) is 6.20 Å². The van der Waals surface area contributed by atoms with Crippen molar-refractivity contribution in [1.29, 1.82) is 0 Å². The standard InChI is InChI=1S/C27H24FN2/c1-15-6-8-19-20-13-17(27(2,3)4)7-9-21(20)30-22-14-18(28)12-16-10-11-29(5)26(24(16)22)23(15)25(19)30/h6-14H,1-5H3/q+1. The monoisotopic (exact) mass is 395 g/mol. The summed E-state index contributed by atoms with van der Waals surface area (Å²) in [5.41, 5.74) is 7.02. The van der Waals surface area contributed by atoms with E-state index in [1.54, 1.807) is 12.1 Å². The molecular formula is C27H24FN2+. The second-order valence-electron chi connectivity index (χ2n) is 9.64. The lowest BCUT2D eigenvalue weighted by Crippen LogP contribution is -2.28. The molecule has 0 fully saturated rings. The lowest BCUT2D eigenvalue weighted by atomic mass is 9.86. The highest BCUT2D eigenvalue weighted by molar-refractivity contribution is 6.25. The van der Waals surface area contributed by atoms with Crippen molar-refractivity contribution in [2.75, 3.05) is 0 Å². The minimum Gasteiger partial charge on any atom is -0.307 e. The van der Waals surface area contributed by atoms with E-state index < -0.39 is 0 Å². The molecule has 0 aliphatic rings. The average Bonchev–Trinajstić information content (AvgIpc) is 3.02. The molecule has 30 heavy (non-hydrogen) atoms. The van der Waals surface area contributed by atoms with Gasteiger partial charge in [0.05, 0.1) is 27.3 Å². The van der Waals surface area contributed by atoms with E-state index in [2.05, 4.69) is 74.0 Å². The molecule has 0 bridgehead atoms. The first-order valence-electron chi connectivity index (χ1n) is 10.5. The van der Waals surface area contributed by atoms with Crippen LogP contribution in [0.2, 0.25) is 0 Å². The van der Waals surface area contributed by atoms with Crippen molar-refractivity contribution in [1.82, 2.24) is 4.40 Å². The van der Waals surface area contributed by atoms with E-state index in [1.807, 2.05) is 12.3 Å². The molecule has 0 aliphatic carbocycles. The van der Waals surface area contributed by atoms with Crippen LogP contribution in [0.4, 0.5) is 4.39 Å². The zero-order valence-electron chi connectivity index (χ0n) is 18.0. The van der Waals surface area contributed by atoms with Crippen LogP contribution < -0.4 is 4.57 Å². The largest absolute Gasteiger partial charge is 0.307 e. The van der Waals surface area contributed by atoms with Crippen LogP contribution >= 0.6 is 0 Å². The number of aromatic nitrogens is 2. The first-order chi connectivity index (χ1) is 14.3. The Kier molecular flexibility index (Phi) is 3.22. The number of hydrogen-bond acceptors (Lipinski definition) is 0. The predicted molar refractivity (Wildman–Crippen MR) is 123 cm³/mol. The van der Waals surface area contributed by atoms with Gasteiger partial charge in [-0.2, -0.15) is 0 Å². The number of nitrogens with zero attached hydrogens (tertiary/aromatic N) is 2. The molecule has 0 aliphatic heterocycles. The van der Waals surface area contributed by atoms with Gasteiger partial charge >= 0.3 is 0 Å². The van der Waals surface area contributed by atoms with Crippen LogP contribution in [0.25, 0.3) is 49.0 Å². The van der Waals surface area contributed by atoms with Crippen LogP contribution in [-0.4, -0.2) is 4.40 Å². The summed E-state index contributed by atoms with van der Waals surface area (Å²) in [7, 11) is 2.08. The maximum atomic E-state index is 14.7. The quantitative estimate of drug-likeness (QED) is 0.156. The summed E-state index contributed by atoms with van der Waals surface area (Å²) in [5.74, 6) is -0.199. The summed E-state index contributed by atoms with van der Waals surface area (Å²) in [6, 6.07) is 16.5. The molecule has 6 aromatic rings. The highest BCUT2D eigenvalue weighted by atomic mass is 19.1. The van der Waals surface area contributed by atoms with Crippen molar-refractivity contribution in [3.63, 3.8) is 0 Å². The minimum absolute atomic E-state index is 0.0673. The number of halogens is 1. The first kappa shape index (κ1) is 17.6. The number of hydrogen-bond donors (Lipinski definition) is 0. The lowest BCUT2D eigenvalue weighted by molar-refractivity contribution is -0.643. The highest BCUT2D eigenvalue weighted by Crippen LogP contribution is 2.41.